The number of nitrogen functional groups attached to an aromatic ring is 1. The molecular weight excluding hydrogens is 206 g/mol. The van der Waals surface area contributed by atoms with Crippen LogP contribution < -0.4 is 11.4 Å². The Morgan fingerprint density at radius 1 is 1.50 bits per heavy atom. The summed E-state index contributed by atoms with van der Waals surface area (Å²) in [4.78, 5) is 11.6. The van der Waals surface area contributed by atoms with Gasteiger partial charge in [-0.1, -0.05) is 0 Å². The van der Waals surface area contributed by atoms with Crippen molar-refractivity contribution in [2.45, 2.75) is 0 Å². The number of aromatic nitrogens is 3. The average molecular weight is 215 g/mol. The number of nitrogens with zero attached hydrogens (tertiary/aromatic N) is 4. The van der Waals surface area contributed by atoms with Crippen molar-refractivity contribution in [1.82, 2.24) is 14.3 Å². The summed E-state index contributed by atoms with van der Waals surface area (Å²) in [6.45, 7) is 0. The van der Waals surface area contributed by atoms with Crippen molar-refractivity contribution >= 4 is 5.69 Å². The van der Waals surface area contributed by atoms with Crippen molar-refractivity contribution in [2.24, 2.45) is 7.05 Å². The molecule has 1 heterocycles. The van der Waals surface area contributed by atoms with Gasteiger partial charge in [-0.05, 0) is 18.2 Å². The van der Waals surface area contributed by atoms with E-state index in [0.29, 0.717) is 16.9 Å². The van der Waals surface area contributed by atoms with Gasteiger partial charge in [0.05, 0.1) is 11.3 Å². The van der Waals surface area contributed by atoms with Crippen molar-refractivity contribution < 1.29 is 0 Å². The van der Waals surface area contributed by atoms with E-state index in [9.17, 15) is 4.79 Å². The van der Waals surface area contributed by atoms with Crippen LogP contribution in [0.4, 0.5) is 5.69 Å². The minimum Gasteiger partial charge on any atom is -0.398 e. The lowest BCUT2D eigenvalue weighted by Crippen LogP contribution is -2.21. The topological polar surface area (TPSA) is 89.6 Å². The van der Waals surface area contributed by atoms with E-state index in [2.05, 4.69) is 5.10 Å². The summed E-state index contributed by atoms with van der Waals surface area (Å²) in [5, 5.41) is 12.7. The molecule has 0 saturated carbocycles. The van der Waals surface area contributed by atoms with E-state index < -0.39 is 0 Å². The predicted molar refractivity (Wildman–Crippen MR) is 57.9 cm³/mol. The lowest BCUT2D eigenvalue weighted by molar-refractivity contribution is 0.799. The summed E-state index contributed by atoms with van der Waals surface area (Å²) in [5.41, 5.74) is 6.55. The van der Waals surface area contributed by atoms with Crippen LogP contribution in [0.1, 0.15) is 5.56 Å². The van der Waals surface area contributed by atoms with Gasteiger partial charge < -0.3 is 5.73 Å². The molecule has 0 aliphatic rings. The Labute approximate surface area is 91.1 Å². The molecule has 80 valence electrons. The van der Waals surface area contributed by atoms with Crippen molar-refractivity contribution in [3.8, 4) is 11.8 Å². The van der Waals surface area contributed by atoms with Gasteiger partial charge in [-0.2, -0.15) is 15.0 Å². The number of rotatable bonds is 1. The molecule has 0 bridgehead atoms. The maximum Gasteiger partial charge on any atom is 0.350 e. The Morgan fingerprint density at radius 2 is 2.25 bits per heavy atom. The number of benzene rings is 1. The van der Waals surface area contributed by atoms with E-state index in [1.54, 1.807) is 19.2 Å². The Morgan fingerprint density at radius 3 is 2.81 bits per heavy atom. The molecule has 0 fully saturated rings. The quantitative estimate of drug-likeness (QED) is 0.679. The first-order chi connectivity index (χ1) is 7.63. The SMILES string of the molecule is Cn1cnn(-c2ccc(N)c(C#N)c2)c1=O. The minimum atomic E-state index is -0.270. The smallest absolute Gasteiger partial charge is 0.350 e. The normalized spacial score (nSPS) is 10.0. The molecule has 16 heavy (non-hydrogen) atoms. The third-order valence-corrected chi connectivity index (χ3v) is 2.23. The molecule has 0 saturated heterocycles. The molecule has 0 amide bonds. The molecule has 0 unspecified atom stereocenters. The van der Waals surface area contributed by atoms with E-state index >= 15 is 0 Å². The van der Waals surface area contributed by atoms with E-state index in [0.717, 1.165) is 0 Å². The molecule has 6 heteroatoms. The van der Waals surface area contributed by atoms with Crippen molar-refractivity contribution in [1.29, 1.82) is 5.26 Å². The summed E-state index contributed by atoms with van der Waals surface area (Å²) in [5.74, 6) is 0. The number of nitriles is 1. The summed E-state index contributed by atoms with van der Waals surface area (Å²) < 4.78 is 2.56. The molecule has 0 aliphatic heterocycles. The van der Waals surface area contributed by atoms with Gasteiger partial charge in [-0.25, -0.2) is 4.79 Å². The van der Waals surface area contributed by atoms with E-state index in [4.69, 9.17) is 11.0 Å². The lowest BCUT2D eigenvalue weighted by atomic mass is 10.2. The summed E-state index contributed by atoms with van der Waals surface area (Å²) in [6.07, 6.45) is 1.41. The average Bonchev–Trinajstić information content (AvgIpc) is 2.61. The summed E-state index contributed by atoms with van der Waals surface area (Å²) in [6, 6.07) is 6.71. The zero-order valence-corrected chi connectivity index (χ0v) is 8.58. The highest BCUT2D eigenvalue weighted by molar-refractivity contribution is 5.58. The van der Waals surface area contributed by atoms with Crippen LogP contribution in [-0.2, 0) is 7.05 Å². The fraction of sp³-hybridized carbons (Fsp3) is 0.100. The Kier molecular flexibility index (Phi) is 2.21. The predicted octanol–water partition coefficient (Wildman–Crippen LogP) is 0.0249. The van der Waals surface area contributed by atoms with Crippen LogP contribution in [0.25, 0.3) is 5.69 Å². The second-order valence-corrected chi connectivity index (χ2v) is 3.32. The van der Waals surface area contributed by atoms with Gasteiger partial charge in [0, 0.05) is 12.7 Å². The molecule has 2 rings (SSSR count). The van der Waals surface area contributed by atoms with Crippen LogP contribution in [0.3, 0.4) is 0 Å². The highest BCUT2D eigenvalue weighted by Gasteiger charge is 2.06. The maximum atomic E-state index is 11.6. The molecule has 0 atom stereocenters. The van der Waals surface area contributed by atoms with E-state index in [-0.39, 0.29) is 5.69 Å². The van der Waals surface area contributed by atoms with E-state index in [1.807, 2.05) is 6.07 Å². The molecular formula is C10H9N5O. The molecule has 6 nitrogen and oxygen atoms in total. The standard InChI is InChI=1S/C10H9N5O/c1-14-6-13-15(10(14)16)8-2-3-9(12)7(4-8)5-11/h2-4,6H,12H2,1H3. The van der Waals surface area contributed by atoms with Crippen molar-refractivity contribution in [3.05, 3.63) is 40.6 Å². The van der Waals surface area contributed by atoms with Gasteiger partial charge in [0.2, 0.25) is 0 Å². The van der Waals surface area contributed by atoms with Gasteiger partial charge in [0.25, 0.3) is 0 Å². The largest absolute Gasteiger partial charge is 0.398 e. The van der Waals surface area contributed by atoms with Gasteiger partial charge in [0.15, 0.2) is 0 Å². The molecule has 0 spiro atoms. The maximum absolute atomic E-state index is 11.6. The third-order valence-electron chi connectivity index (χ3n) is 2.23. The van der Waals surface area contributed by atoms with E-state index in [1.165, 1.54) is 21.6 Å². The number of hydrogen-bond donors (Lipinski definition) is 1. The zero-order chi connectivity index (χ0) is 11.7. The minimum absolute atomic E-state index is 0.270. The number of aryl methyl sites for hydroxylation is 1. The van der Waals surface area contributed by atoms with Crippen LogP contribution in [0.2, 0.25) is 0 Å². The van der Waals surface area contributed by atoms with Crippen LogP contribution >= 0.6 is 0 Å². The Bertz CT molecular complexity index is 631. The molecule has 2 aromatic rings. The number of anilines is 1. The highest BCUT2D eigenvalue weighted by atomic mass is 16.2. The monoisotopic (exact) mass is 215 g/mol. The fourth-order valence-electron chi connectivity index (χ4n) is 1.33. The Hall–Kier alpha value is -2.55. The molecule has 0 aliphatic carbocycles. The van der Waals surface area contributed by atoms with Gasteiger partial charge >= 0.3 is 5.69 Å². The van der Waals surface area contributed by atoms with Crippen molar-refractivity contribution in [2.75, 3.05) is 5.73 Å². The van der Waals surface area contributed by atoms with Crippen LogP contribution in [0.15, 0.2) is 29.3 Å². The van der Waals surface area contributed by atoms with Crippen molar-refractivity contribution in [3.63, 3.8) is 0 Å². The summed E-state index contributed by atoms with van der Waals surface area (Å²) in [7, 11) is 1.61. The van der Waals surface area contributed by atoms with Gasteiger partial charge in [-0.15, -0.1) is 0 Å². The molecule has 2 N–H and O–H groups in total. The number of nitrogens with two attached hydrogens (primary N) is 1. The second-order valence-electron chi connectivity index (χ2n) is 3.32. The second kappa shape index (κ2) is 3.55. The fourth-order valence-corrected chi connectivity index (χ4v) is 1.33. The molecule has 1 aromatic heterocycles. The third kappa shape index (κ3) is 1.44. The van der Waals surface area contributed by atoms with Gasteiger partial charge in [0.1, 0.15) is 12.4 Å². The lowest BCUT2D eigenvalue weighted by Gasteiger charge is -2.01. The zero-order valence-electron chi connectivity index (χ0n) is 8.58. The van der Waals surface area contributed by atoms with Crippen LogP contribution in [0.5, 0.6) is 0 Å². The first kappa shape index (κ1) is 9.98. The first-order valence-corrected chi connectivity index (χ1v) is 4.54. The Balaban J connectivity index is 2.63. The van der Waals surface area contributed by atoms with Gasteiger partial charge in [-0.3, -0.25) is 4.57 Å². The first-order valence-electron chi connectivity index (χ1n) is 4.54. The highest BCUT2D eigenvalue weighted by Crippen LogP contribution is 2.14. The molecule has 1 aromatic carbocycles. The van der Waals surface area contributed by atoms with Crippen LogP contribution in [-0.4, -0.2) is 14.3 Å². The number of hydrogen-bond acceptors (Lipinski definition) is 4. The summed E-state index contributed by atoms with van der Waals surface area (Å²) >= 11 is 0. The molecule has 0 radical (unpaired) electrons. The van der Waals surface area contributed by atoms with Crippen LogP contribution in [0, 0.1) is 11.3 Å².